The first-order valence-corrected chi connectivity index (χ1v) is 9.27. The van der Waals surface area contributed by atoms with Crippen molar-refractivity contribution in [3.8, 4) is 0 Å². The summed E-state index contributed by atoms with van der Waals surface area (Å²) in [6.45, 7) is 0.191. The maximum Gasteiger partial charge on any atom is 0.251 e. The molecule has 2 rings (SSSR count). The van der Waals surface area contributed by atoms with Crippen LogP contribution in [0.4, 0.5) is 5.69 Å². The molecular weight excluding hydrogens is 342 g/mol. The van der Waals surface area contributed by atoms with Crippen molar-refractivity contribution in [2.24, 2.45) is 5.14 Å². The summed E-state index contributed by atoms with van der Waals surface area (Å²) in [5, 5.41) is 10.3. The van der Waals surface area contributed by atoms with E-state index in [1.165, 1.54) is 0 Å². The van der Waals surface area contributed by atoms with Crippen LogP contribution in [0.2, 0.25) is 0 Å². The minimum atomic E-state index is -3.63. The number of nitrogens with one attached hydrogen (secondary N) is 2. The Morgan fingerprint density at radius 3 is 2.40 bits per heavy atom. The third-order valence-electron chi connectivity index (χ3n) is 3.25. The summed E-state index contributed by atoms with van der Waals surface area (Å²) in [6.07, 6.45) is 0.0952. The van der Waals surface area contributed by atoms with E-state index in [9.17, 15) is 18.0 Å². The molecule has 132 valence electrons. The van der Waals surface area contributed by atoms with Gasteiger partial charge in [-0.3, -0.25) is 9.59 Å². The van der Waals surface area contributed by atoms with Crippen LogP contribution in [0.1, 0.15) is 22.3 Å². The van der Waals surface area contributed by atoms with Crippen molar-refractivity contribution < 1.29 is 18.0 Å². The minimum Gasteiger partial charge on any atom is -0.352 e. The quantitative estimate of drug-likeness (QED) is 0.687. The smallest absolute Gasteiger partial charge is 0.251 e. The zero-order valence-electron chi connectivity index (χ0n) is 13.4. The van der Waals surface area contributed by atoms with Gasteiger partial charge in [0.2, 0.25) is 15.9 Å². The molecule has 2 aromatic rings. The molecule has 0 spiro atoms. The van der Waals surface area contributed by atoms with Crippen LogP contribution in [0.3, 0.4) is 0 Å². The molecule has 0 bridgehead atoms. The Morgan fingerprint density at radius 1 is 1.00 bits per heavy atom. The molecule has 0 saturated carbocycles. The first kappa shape index (κ1) is 18.6. The lowest BCUT2D eigenvalue weighted by Gasteiger charge is -2.08. The van der Waals surface area contributed by atoms with Crippen LogP contribution >= 0.6 is 0 Å². The molecule has 25 heavy (non-hydrogen) atoms. The Labute approximate surface area is 146 Å². The van der Waals surface area contributed by atoms with Gasteiger partial charge < -0.3 is 10.6 Å². The van der Waals surface area contributed by atoms with E-state index >= 15 is 0 Å². The molecule has 8 heteroatoms. The standard InChI is InChI=1S/C17H19N3O4S/c18-25(23,24)12-13-5-4-8-15(11-13)20-16(21)9-10-19-17(22)14-6-2-1-3-7-14/h1-8,11H,9-10,12H2,(H,19,22)(H,20,21)(H2,18,23,24). The molecule has 0 fully saturated rings. The van der Waals surface area contributed by atoms with E-state index < -0.39 is 10.0 Å². The zero-order valence-corrected chi connectivity index (χ0v) is 14.3. The molecule has 0 heterocycles. The molecule has 7 nitrogen and oxygen atoms in total. The van der Waals surface area contributed by atoms with Crippen molar-refractivity contribution in [2.75, 3.05) is 11.9 Å². The summed E-state index contributed by atoms with van der Waals surface area (Å²) >= 11 is 0. The van der Waals surface area contributed by atoms with Gasteiger partial charge in [-0.05, 0) is 29.8 Å². The van der Waals surface area contributed by atoms with E-state index in [0.717, 1.165) is 0 Å². The number of primary sulfonamides is 1. The third-order valence-corrected chi connectivity index (χ3v) is 3.99. The van der Waals surface area contributed by atoms with Crippen LogP contribution in [0.5, 0.6) is 0 Å². The first-order chi connectivity index (χ1) is 11.8. The lowest BCUT2D eigenvalue weighted by Crippen LogP contribution is -2.27. The van der Waals surface area contributed by atoms with E-state index in [-0.39, 0.29) is 30.5 Å². The number of amides is 2. The number of nitrogens with two attached hydrogens (primary N) is 1. The maximum atomic E-state index is 11.9. The number of carbonyl (C=O) groups excluding carboxylic acids is 2. The molecule has 0 aliphatic carbocycles. The van der Waals surface area contributed by atoms with Gasteiger partial charge in [-0.1, -0.05) is 30.3 Å². The van der Waals surface area contributed by atoms with Gasteiger partial charge in [-0.2, -0.15) is 0 Å². The number of hydrogen-bond donors (Lipinski definition) is 3. The molecule has 0 aromatic heterocycles. The highest BCUT2D eigenvalue weighted by Gasteiger charge is 2.08. The first-order valence-electron chi connectivity index (χ1n) is 7.56. The number of carbonyl (C=O) groups is 2. The number of sulfonamides is 1. The average Bonchev–Trinajstić information content (AvgIpc) is 2.54. The van der Waals surface area contributed by atoms with E-state index in [4.69, 9.17) is 5.14 Å². The van der Waals surface area contributed by atoms with Gasteiger partial charge in [0.05, 0.1) is 5.75 Å². The fourth-order valence-electron chi connectivity index (χ4n) is 2.18. The molecule has 4 N–H and O–H groups in total. The Bertz CT molecular complexity index is 851. The van der Waals surface area contributed by atoms with Crippen molar-refractivity contribution >= 4 is 27.5 Å². The molecule has 0 saturated heterocycles. The summed E-state index contributed by atoms with van der Waals surface area (Å²) in [7, 11) is -3.63. The van der Waals surface area contributed by atoms with Gasteiger partial charge in [0.25, 0.3) is 5.91 Å². The van der Waals surface area contributed by atoms with Crippen molar-refractivity contribution in [3.05, 3.63) is 65.7 Å². The van der Waals surface area contributed by atoms with Gasteiger partial charge >= 0.3 is 0 Å². The second kappa shape index (κ2) is 8.41. The molecule has 0 aliphatic heterocycles. The topological polar surface area (TPSA) is 118 Å². The molecule has 0 atom stereocenters. The predicted molar refractivity (Wildman–Crippen MR) is 95.3 cm³/mol. The molecule has 2 amide bonds. The highest BCUT2D eigenvalue weighted by atomic mass is 32.2. The van der Waals surface area contributed by atoms with Gasteiger partial charge in [0.15, 0.2) is 0 Å². The van der Waals surface area contributed by atoms with E-state index in [2.05, 4.69) is 10.6 Å². The maximum absolute atomic E-state index is 11.9. The van der Waals surface area contributed by atoms with Crippen molar-refractivity contribution in [2.45, 2.75) is 12.2 Å². The van der Waals surface area contributed by atoms with E-state index in [0.29, 0.717) is 16.8 Å². The van der Waals surface area contributed by atoms with Crippen LogP contribution in [0, 0.1) is 0 Å². The summed E-state index contributed by atoms with van der Waals surface area (Å²) in [6, 6.07) is 15.1. The number of benzene rings is 2. The molecule has 2 aromatic carbocycles. The Balaban J connectivity index is 1.82. The minimum absolute atomic E-state index is 0.0952. The summed E-state index contributed by atoms with van der Waals surface area (Å²) in [4.78, 5) is 23.8. The Hall–Kier alpha value is -2.71. The molecule has 0 unspecified atom stereocenters. The average molecular weight is 361 g/mol. The second-order valence-electron chi connectivity index (χ2n) is 5.43. The van der Waals surface area contributed by atoms with Crippen LogP contribution in [-0.2, 0) is 20.6 Å². The number of anilines is 1. The van der Waals surface area contributed by atoms with E-state index in [1.807, 2.05) is 6.07 Å². The van der Waals surface area contributed by atoms with Gasteiger partial charge in [0.1, 0.15) is 0 Å². The van der Waals surface area contributed by atoms with E-state index in [1.54, 1.807) is 48.5 Å². The monoisotopic (exact) mass is 361 g/mol. The second-order valence-corrected chi connectivity index (χ2v) is 7.04. The van der Waals surface area contributed by atoms with Crippen molar-refractivity contribution in [1.29, 1.82) is 0 Å². The largest absolute Gasteiger partial charge is 0.352 e. The Morgan fingerprint density at radius 2 is 1.72 bits per heavy atom. The SMILES string of the molecule is NS(=O)(=O)Cc1cccc(NC(=O)CCNC(=O)c2ccccc2)c1. The van der Waals surface area contributed by atoms with Gasteiger partial charge in [0, 0.05) is 24.2 Å². The summed E-state index contributed by atoms with van der Waals surface area (Å²) in [5.41, 5.74) is 1.48. The highest BCUT2D eigenvalue weighted by molar-refractivity contribution is 7.88. The normalized spacial score (nSPS) is 10.9. The third kappa shape index (κ3) is 6.74. The number of hydrogen-bond acceptors (Lipinski definition) is 4. The highest BCUT2D eigenvalue weighted by Crippen LogP contribution is 2.12. The molecule has 0 aliphatic rings. The van der Waals surface area contributed by atoms with Crippen LogP contribution in [0.15, 0.2) is 54.6 Å². The van der Waals surface area contributed by atoms with Gasteiger partial charge in [-0.15, -0.1) is 0 Å². The fourth-order valence-corrected chi connectivity index (χ4v) is 2.82. The molecular formula is C17H19N3O4S. The Kier molecular flexibility index (Phi) is 6.26. The van der Waals surface area contributed by atoms with Gasteiger partial charge in [-0.25, -0.2) is 13.6 Å². The predicted octanol–water partition coefficient (Wildman–Crippen LogP) is 1.23. The van der Waals surface area contributed by atoms with Crippen molar-refractivity contribution in [1.82, 2.24) is 5.32 Å². The van der Waals surface area contributed by atoms with Crippen LogP contribution < -0.4 is 15.8 Å². The summed E-state index contributed by atoms with van der Waals surface area (Å²) < 4.78 is 22.2. The zero-order chi connectivity index (χ0) is 18.3. The van der Waals surface area contributed by atoms with Crippen LogP contribution in [0.25, 0.3) is 0 Å². The fraction of sp³-hybridized carbons (Fsp3) is 0.176. The van der Waals surface area contributed by atoms with Crippen molar-refractivity contribution in [3.63, 3.8) is 0 Å². The molecule has 0 radical (unpaired) electrons. The lowest BCUT2D eigenvalue weighted by molar-refractivity contribution is -0.116. The van der Waals surface area contributed by atoms with Crippen LogP contribution in [-0.4, -0.2) is 26.8 Å². The lowest BCUT2D eigenvalue weighted by atomic mass is 10.2. The number of rotatable bonds is 7. The summed E-state index contributed by atoms with van der Waals surface area (Å²) in [5.74, 6) is -0.839.